The Balaban J connectivity index is 2.80. The van der Waals surface area contributed by atoms with Crippen molar-refractivity contribution in [2.24, 2.45) is 11.7 Å². The number of amides is 1. The Kier molecular flexibility index (Phi) is 5.63. The van der Waals surface area contributed by atoms with E-state index in [-0.39, 0.29) is 11.8 Å². The fourth-order valence-corrected chi connectivity index (χ4v) is 1.65. The first kappa shape index (κ1) is 15.3. The average molecular weight is 266 g/mol. The molecule has 3 N–H and O–H groups in total. The number of methoxy groups -OCH3 is 2. The van der Waals surface area contributed by atoms with Gasteiger partial charge in [0.2, 0.25) is 5.91 Å². The van der Waals surface area contributed by atoms with Crippen molar-refractivity contribution in [3.63, 3.8) is 0 Å². The Morgan fingerprint density at radius 1 is 1.32 bits per heavy atom. The smallest absolute Gasteiger partial charge is 0.241 e. The van der Waals surface area contributed by atoms with Crippen molar-refractivity contribution >= 4 is 11.6 Å². The van der Waals surface area contributed by atoms with Crippen LogP contribution in [0.5, 0.6) is 11.5 Å². The van der Waals surface area contributed by atoms with Crippen LogP contribution in [0.1, 0.15) is 20.3 Å². The van der Waals surface area contributed by atoms with E-state index in [2.05, 4.69) is 5.32 Å². The lowest BCUT2D eigenvalue weighted by Gasteiger charge is -2.18. The van der Waals surface area contributed by atoms with Crippen LogP contribution in [0.4, 0.5) is 5.69 Å². The minimum atomic E-state index is -0.516. The third-order valence-electron chi connectivity index (χ3n) is 3.21. The van der Waals surface area contributed by atoms with Crippen LogP contribution in [0.2, 0.25) is 0 Å². The van der Waals surface area contributed by atoms with Crippen LogP contribution in [-0.4, -0.2) is 26.2 Å². The summed E-state index contributed by atoms with van der Waals surface area (Å²) in [6.45, 7) is 3.97. The predicted octanol–water partition coefficient (Wildman–Crippen LogP) is 2.02. The normalized spacial score (nSPS) is 13.5. The number of rotatable bonds is 6. The molecule has 0 spiro atoms. The van der Waals surface area contributed by atoms with Gasteiger partial charge in [-0.3, -0.25) is 4.79 Å². The van der Waals surface area contributed by atoms with E-state index in [0.29, 0.717) is 17.2 Å². The molecular weight excluding hydrogens is 244 g/mol. The first-order valence-corrected chi connectivity index (χ1v) is 6.31. The zero-order chi connectivity index (χ0) is 14.4. The highest BCUT2D eigenvalue weighted by Gasteiger charge is 2.19. The van der Waals surface area contributed by atoms with Gasteiger partial charge in [-0.05, 0) is 18.1 Å². The Bertz CT molecular complexity index is 435. The SMILES string of the molecule is CCC(C)[C@H](N)C(=O)Nc1ccc(OC)c(OC)c1. The summed E-state index contributed by atoms with van der Waals surface area (Å²) < 4.78 is 10.3. The van der Waals surface area contributed by atoms with Crippen molar-refractivity contribution in [1.29, 1.82) is 0 Å². The monoisotopic (exact) mass is 266 g/mol. The van der Waals surface area contributed by atoms with Crippen molar-refractivity contribution < 1.29 is 14.3 Å². The molecule has 1 aromatic carbocycles. The van der Waals surface area contributed by atoms with Crippen molar-refractivity contribution in [3.8, 4) is 11.5 Å². The Hall–Kier alpha value is -1.75. The second-order valence-corrected chi connectivity index (χ2v) is 4.47. The van der Waals surface area contributed by atoms with Crippen LogP contribution < -0.4 is 20.5 Å². The molecule has 0 aromatic heterocycles. The quantitative estimate of drug-likeness (QED) is 0.826. The second kappa shape index (κ2) is 6.99. The minimum Gasteiger partial charge on any atom is -0.493 e. The number of carbonyl (C=O) groups excluding carboxylic acids is 1. The topological polar surface area (TPSA) is 73.6 Å². The summed E-state index contributed by atoms with van der Waals surface area (Å²) in [6.07, 6.45) is 0.862. The highest BCUT2D eigenvalue weighted by molar-refractivity contribution is 5.95. The number of benzene rings is 1. The molecule has 0 saturated carbocycles. The molecule has 0 radical (unpaired) electrons. The van der Waals surface area contributed by atoms with Crippen LogP contribution in [0, 0.1) is 5.92 Å². The molecular formula is C14H22N2O3. The molecule has 19 heavy (non-hydrogen) atoms. The van der Waals surface area contributed by atoms with Gasteiger partial charge < -0.3 is 20.5 Å². The first-order valence-electron chi connectivity index (χ1n) is 6.31. The first-order chi connectivity index (χ1) is 9.03. The van der Waals surface area contributed by atoms with E-state index in [0.717, 1.165) is 6.42 Å². The third-order valence-corrected chi connectivity index (χ3v) is 3.21. The van der Waals surface area contributed by atoms with Gasteiger partial charge in [-0.25, -0.2) is 0 Å². The number of ether oxygens (including phenoxy) is 2. The molecule has 1 aromatic rings. The van der Waals surface area contributed by atoms with E-state index >= 15 is 0 Å². The van der Waals surface area contributed by atoms with Gasteiger partial charge in [-0.15, -0.1) is 0 Å². The van der Waals surface area contributed by atoms with Gasteiger partial charge >= 0.3 is 0 Å². The Labute approximate surface area is 114 Å². The molecule has 5 nitrogen and oxygen atoms in total. The van der Waals surface area contributed by atoms with Crippen LogP contribution in [-0.2, 0) is 4.79 Å². The van der Waals surface area contributed by atoms with Crippen molar-refractivity contribution in [2.75, 3.05) is 19.5 Å². The molecule has 1 rings (SSSR count). The number of nitrogens with two attached hydrogens (primary N) is 1. The van der Waals surface area contributed by atoms with Crippen molar-refractivity contribution in [1.82, 2.24) is 0 Å². The molecule has 0 heterocycles. The van der Waals surface area contributed by atoms with Crippen LogP contribution in [0.25, 0.3) is 0 Å². The molecule has 0 fully saturated rings. The van der Waals surface area contributed by atoms with Crippen molar-refractivity contribution in [2.45, 2.75) is 26.3 Å². The fraction of sp³-hybridized carbons (Fsp3) is 0.500. The maximum atomic E-state index is 12.0. The summed E-state index contributed by atoms with van der Waals surface area (Å²) in [5, 5.41) is 2.78. The van der Waals surface area contributed by atoms with Gasteiger partial charge in [0.1, 0.15) is 0 Å². The van der Waals surface area contributed by atoms with E-state index < -0.39 is 6.04 Å². The standard InChI is InChI=1S/C14H22N2O3/c1-5-9(2)13(15)14(17)16-10-6-7-11(18-3)12(8-10)19-4/h6-9,13H,5,15H2,1-4H3,(H,16,17)/t9?,13-/m0/s1. The molecule has 0 aliphatic heterocycles. The third kappa shape index (κ3) is 3.86. The predicted molar refractivity (Wildman–Crippen MR) is 75.6 cm³/mol. The maximum Gasteiger partial charge on any atom is 0.241 e. The highest BCUT2D eigenvalue weighted by Crippen LogP contribution is 2.29. The summed E-state index contributed by atoms with van der Waals surface area (Å²) >= 11 is 0. The van der Waals surface area contributed by atoms with Gasteiger partial charge in [0.05, 0.1) is 20.3 Å². The molecule has 1 amide bonds. The zero-order valence-corrected chi connectivity index (χ0v) is 11.9. The average Bonchev–Trinajstić information content (AvgIpc) is 2.45. The molecule has 0 aliphatic carbocycles. The van der Waals surface area contributed by atoms with Gasteiger partial charge in [-0.2, -0.15) is 0 Å². The molecule has 0 aliphatic rings. The number of anilines is 1. The van der Waals surface area contributed by atoms with E-state index in [1.54, 1.807) is 32.4 Å². The summed E-state index contributed by atoms with van der Waals surface area (Å²) in [5.74, 6) is 1.13. The summed E-state index contributed by atoms with van der Waals surface area (Å²) in [7, 11) is 3.11. The lowest BCUT2D eigenvalue weighted by atomic mass is 9.99. The largest absolute Gasteiger partial charge is 0.493 e. The summed E-state index contributed by atoms with van der Waals surface area (Å²) in [5.41, 5.74) is 6.52. The van der Waals surface area contributed by atoms with Crippen LogP contribution in [0.15, 0.2) is 18.2 Å². The number of hydrogen-bond acceptors (Lipinski definition) is 4. The Morgan fingerprint density at radius 2 is 1.95 bits per heavy atom. The molecule has 0 saturated heterocycles. The molecule has 1 unspecified atom stereocenters. The van der Waals surface area contributed by atoms with E-state index in [1.165, 1.54) is 0 Å². The highest BCUT2D eigenvalue weighted by atomic mass is 16.5. The van der Waals surface area contributed by atoms with Gasteiger partial charge in [-0.1, -0.05) is 20.3 Å². The van der Waals surface area contributed by atoms with Crippen LogP contribution in [0.3, 0.4) is 0 Å². The van der Waals surface area contributed by atoms with Gasteiger partial charge in [0.25, 0.3) is 0 Å². The zero-order valence-electron chi connectivity index (χ0n) is 11.9. The summed E-state index contributed by atoms with van der Waals surface area (Å²) in [6, 6.07) is 4.68. The molecule has 106 valence electrons. The summed E-state index contributed by atoms with van der Waals surface area (Å²) in [4.78, 5) is 12.0. The number of hydrogen-bond donors (Lipinski definition) is 2. The fourth-order valence-electron chi connectivity index (χ4n) is 1.65. The maximum absolute atomic E-state index is 12.0. The Morgan fingerprint density at radius 3 is 2.47 bits per heavy atom. The second-order valence-electron chi connectivity index (χ2n) is 4.47. The molecule has 5 heteroatoms. The van der Waals surface area contributed by atoms with Crippen molar-refractivity contribution in [3.05, 3.63) is 18.2 Å². The van der Waals surface area contributed by atoms with Gasteiger partial charge in [0, 0.05) is 11.8 Å². The van der Waals surface area contributed by atoms with Crippen LogP contribution >= 0.6 is 0 Å². The lowest BCUT2D eigenvalue weighted by molar-refractivity contribution is -0.118. The van der Waals surface area contributed by atoms with E-state index in [1.807, 2.05) is 13.8 Å². The van der Waals surface area contributed by atoms with Gasteiger partial charge in [0.15, 0.2) is 11.5 Å². The number of carbonyl (C=O) groups is 1. The lowest BCUT2D eigenvalue weighted by Crippen LogP contribution is -2.40. The van der Waals surface area contributed by atoms with E-state index in [9.17, 15) is 4.79 Å². The number of nitrogens with one attached hydrogen (secondary N) is 1. The van der Waals surface area contributed by atoms with E-state index in [4.69, 9.17) is 15.2 Å². The molecule has 2 atom stereocenters. The molecule has 0 bridgehead atoms. The minimum absolute atomic E-state index is 0.139.